The summed E-state index contributed by atoms with van der Waals surface area (Å²) in [5.41, 5.74) is 2.67. The number of anilines is 2. The van der Waals surface area contributed by atoms with Crippen LogP contribution in [0.1, 0.15) is 13.8 Å². The molecule has 1 fully saturated rings. The number of rotatable bonds is 2. The first-order valence-corrected chi connectivity index (χ1v) is 7.39. The molecule has 0 bridgehead atoms. The van der Waals surface area contributed by atoms with E-state index in [1.54, 1.807) is 0 Å². The second-order valence-corrected chi connectivity index (χ2v) is 5.67. The molecule has 0 radical (unpaired) electrons. The summed E-state index contributed by atoms with van der Waals surface area (Å²) < 4.78 is 0. The van der Waals surface area contributed by atoms with E-state index in [1.165, 1.54) is 11.4 Å². The molecule has 1 aliphatic heterocycles. The first kappa shape index (κ1) is 13.0. The molecule has 2 nitrogen and oxygen atoms in total. The molecular formula is C18H22N2. The minimum atomic E-state index is 0.522. The first-order valence-electron chi connectivity index (χ1n) is 7.39. The van der Waals surface area contributed by atoms with E-state index < -0.39 is 0 Å². The van der Waals surface area contributed by atoms with E-state index in [-0.39, 0.29) is 0 Å². The molecule has 0 aliphatic carbocycles. The smallest absolute Gasteiger partial charge is 0.0438 e. The monoisotopic (exact) mass is 266 g/mol. The number of benzene rings is 2. The average molecular weight is 266 g/mol. The van der Waals surface area contributed by atoms with Gasteiger partial charge in [-0.25, -0.2) is 0 Å². The topological polar surface area (TPSA) is 6.48 Å². The van der Waals surface area contributed by atoms with Crippen molar-refractivity contribution in [2.75, 3.05) is 22.9 Å². The van der Waals surface area contributed by atoms with Crippen LogP contribution in [0.25, 0.3) is 0 Å². The van der Waals surface area contributed by atoms with Gasteiger partial charge in [0.25, 0.3) is 0 Å². The van der Waals surface area contributed by atoms with E-state index in [9.17, 15) is 0 Å². The van der Waals surface area contributed by atoms with Crippen LogP contribution in [0.2, 0.25) is 0 Å². The van der Waals surface area contributed by atoms with Crippen LogP contribution in [0, 0.1) is 0 Å². The van der Waals surface area contributed by atoms with Gasteiger partial charge in [-0.2, -0.15) is 0 Å². The van der Waals surface area contributed by atoms with Crippen LogP contribution in [-0.4, -0.2) is 25.2 Å². The molecule has 1 aliphatic rings. The molecule has 2 aromatic rings. The zero-order chi connectivity index (χ0) is 13.9. The Morgan fingerprint density at radius 1 is 0.650 bits per heavy atom. The minimum Gasteiger partial charge on any atom is -0.365 e. The Bertz CT molecular complexity index is 486. The van der Waals surface area contributed by atoms with Crippen molar-refractivity contribution in [1.29, 1.82) is 0 Å². The van der Waals surface area contributed by atoms with Crippen LogP contribution in [0.5, 0.6) is 0 Å². The van der Waals surface area contributed by atoms with Crippen molar-refractivity contribution in [3.8, 4) is 0 Å². The summed E-state index contributed by atoms with van der Waals surface area (Å²) in [6, 6.07) is 22.5. The number of piperazine rings is 1. The van der Waals surface area contributed by atoms with Gasteiger partial charge < -0.3 is 9.80 Å². The molecule has 0 saturated carbocycles. The predicted molar refractivity (Wildman–Crippen MR) is 86.5 cm³/mol. The molecule has 3 rings (SSSR count). The molecule has 104 valence electrons. The standard InChI is InChI=1S/C18H22N2/c1-15-13-20(18-11-7-4-8-12-18)16(2)14-19(15)17-9-5-3-6-10-17/h3-12,15-16H,13-14H2,1-2H3/t15-,16+. The summed E-state index contributed by atoms with van der Waals surface area (Å²) in [5, 5.41) is 0. The van der Waals surface area contributed by atoms with Gasteiger partial charge in [0, 0.05) is 36.5 Å². The summed E-state index contributed by atoms with van der Waals surface area (Å²) in [4.78, 5) is 5.04. The van der Waals surface area contributed by atoms with Gasteiger partial charge in [-0.1, -0.05) is 36.4 Å². The molecule has 20 heavy (non-hydrogen) atoms. The third kappa shape index (κ3) is 2.51. The highest BCUT2D eigenvalue weighted by Crippen LogP contribution is 2.26. The second kappa shape index (κ2) is 5.58. The van der Waals surface area contributed by atoms with Crippen molar-refractivity contribution < 1.29 is 0 Å². The Kier molecular flexibility index (Phi) is 3.64. The Morgan fingerprint density at radius 2 is 1.00 bits per heavy atom. The van der Waals surface area contributed by atoms with Crippen LogP contribution in [0.4, 0.5) is 11.4 Å². The average Bonchev–Trinajstić information content (AvgIpc) is 2.51. The molecule has 0 aromatic heterocycles. The van der Waals surface area contributed by atoms with E-state index in [2.05, 4.69) is 84.3 Å². The highest BCUT2D eigenvalue weighted by molar-refractivity contribution is 5.53. The van der Waals surface area contributed by atoms with Crippen molar-refractivity contribution in [2.45, 2.75) is 25.9 Å². The van der Waals surface area contributed by atoms with Gasteiger partial charge in [0.2, 0.25) is 0 Å². The Morgan fingerprint density at radius 3 is 1.35 bits per heavy atom. The predicted octanol–water partition coefficient (Wildman–Crippen LogP) is 3.79. The van der Waals surface area contributed by atoms with E-state index in [0.29, 0.717) is 12.1 Å². The third-order valence-electron chi connectivity index (χ3n) is 4.16. The second-order valence-electron chi connectivity index (χ2n) is 5.67. The van der Waals surface area contributed by atoms with Gasteiger partial charge in [-0.3, -0.25) is 0 Å². The lowest BCUT2D eigenvalue weighted by molar-refractivity contribution is 0.481. The van der Waals surface area contributed by atoms with Crippen LogP contribution in [0.3, 0.4) is 0 Å². The molecule has 1 heterocycles. The number of para-hydroxylation sites is 2. The van der Waals surface area contributed by atoms with Crippen molar-refractivity contribution in [3.63, 3.8) is 0 Å². The van der Waals surface area contributed by atoms with Gasteiger partial charge >= 0.3 is 0 Å². The van der Waals surface area contributed by atoms with Gasteiger partial charge in [0.1, 0.15) is 0 Å². The summed E-state index contributed by atoms with van der Waals surface area (Å²) >= 11 is 0. The lowest BCUT2D eigenvalue weighted by Gasteiger charge is -2.46. The van der Waals surface area contributed by atoms with Crippen LogP contribution < -0.4 is 9.80 Å². The molecule has 0 spiro atoms. The fourth-order valence-corrected chi connectivity index (χ4v) is 3.09. The summed E-state index contributed by atoms with van der Waals surface area (Å²) in [5.74, 6) is 0. The number of hydrogen-bond acceptors (Lipinski definition) is 2. The van der Waals surface area contributed by atoms with Crippen molar-refractivity contribution >= 4 is 11.4 Å². The molecule has 2 atom stereocenters. The zero-order valence-electron chi connectivity index (χ0n) is 12.2. The van der Waals surface area contributed by atoms with Crippen LogP contribution in [-0.2, 0) is 0 Å². The maximum absolute atomic E-state index is 2.52. The largest absolute Gasteiger partial charge is 0.365 e. The maximum Gasteiger partial charge on any atom is 0.0438 e. The molecule has 1 saturated heterocycles. The van der Waals surface area contributed by atoms with E-state index in [0.717, 1.165) is 13.1 Å². The van der Waals surface area contributed by atoms with Gasteiger partial charge in [-0.05, 0) is 38.1 Å². The van der Waals surface area contributed by atoms with E-state index in [1.807, 2.05) is 0 Å². The first-order chi connectivity index (χ1) is 9.75. The molecule has 0 N–H and O–H groups in total. The summed E-state index contributed by atoms with van der Waals surface area (Å²) in [6.07, 6.45) is 0. The lowest BCUT2D eigenvalue weighted by atomic mass is 10.1. The summed E-state index contributed by atoms with van der Waals surface area (Å²) in [6.45, 7) is 6.77. The fourth-order valence-electron chi connectivity index (χ4n) is 3.09. The van der Waals surface area contributed by atoms with Crippen molar-refractivity contribution in [1.82, 2.24) is 0 Å². The molecule has 0 unspecified atom stereocenters. The van der Waals surface area contributed by atoms with Gasteiger partial charge in [-0.15, -0.1) is 0 Å². The van der Waals surface area contributed by atoms with Gasteiger partial charge in [0.15, 0.2) is 0 Å². The lowest BCUT2D eigenvalue weighted by Crippen LogP contribution is -2.56. The minimum absolute atomic E-state index is 0.522. The Labute approximate surface area is 121 Å². The highest BCUT2D eigenvalue weighted by Gasteiger charge is 2.28. The SMILES string of the molecule is C[C@@H]1CN(c2ccccc2)[C@@H](C)CN1c1ccccc1. The molecule has 2 heteroatoms. The number of nitrogens with zero attached hydrogens (tertiary/aromatic N) is 2. The molecule has 2 aromatic carbocycles. The number of hydrogen-bond donors (Lipinski definition) is 0. The third-order valence-corrected chi connectivity index (χ3v) is 4.16. The van der Waals surface area contributed by atoms with E-state index in [4.69, 9.17) is 0 Å². The van der Waals surface area contributed by atoms with Gasteiger partial charge in [0.05, 0.1) is 0 Å². The quantitative estimate of drug-likeness (QED) is 0.816. The normalized spacial score (nSPS) is 22.9. The van der Waals surface area contributed by atoms with Crippen LogP contribution in [0.15, 0.2) is 60.7 Å². The van der Waals surface area contributed by atoms with Crippen molar-refractivity contribution in [3.05, 3.63) is 60.7 Å². The Balaban J connectivity index is 1.80. The van der Waals surface area contributed by atoms with E-state index >= 15 is 0 Å². The molecular weight excluding hydrogens is 244 g/mol. The fraction of sp³-hybridized carbons (Fsp3) is 0.333. The van der Waals surface area contributed by atoms with Crippen LogP contribution >= 0.6 is 0 Å². The molecule has 0 amide bonds. The summed E-state index contributed by atoms with van der Waals surface area (Å²) in [7, 11) is 0. The van der Waals surface area contributed by atoms with Crippen molar-refractivity contribution in [2.24, 2.45) is 0 Å². The maximum atomic E-state index is 2.52. The highest BCUT2D eigenvalue weighted by atomic mass is 15.3. The Hall–Kier alpha value is -1.96. The zero-order valence-corrected chi connectivity index (χ0v) is 12.2.